The Hall–Kier alpha value is -1.40. The van der Waals surface area contributed by atoms with E-state index in [0.717, 1.165) is 43.4 Å². The van der Waals surface area contributed by atoms with Gasteiger partial charge in [-0.2, -0.15) is 4.31 Å². The van der Waals surface area contributed by atoms with Gasteiger partial charge in [-0.1, -0.05) is 6.42 Å². The predicted octanol–water partition coefficient (Wildman–Crippen LogP) is 2.52. The molecular formula is C16H22N2O3S. The fraction of sp³-hybridized carbons (Fsp3) is 0.562. The van der Waals surface area contributed by atoms with Gasteiger partial charge in [-0.05, 0) is 56.4 Å². The van der Waals surface area contributed by atoms with Crippen molar-refractivity contribution in [2.75, 3.05) is 11.9 Å². The van der Waals surface area contributed by atoms with E-state index in [9.17, 15) is 13.2 Å². The highest BCUT2D eigenvalue weighted by atomic mass is 32.2. The lowest BCUT2D eigenvalue weighted by Crippen LogP contribution is -2.41. The SMILES string of the molecule is C[C@@H]1CCCCN1S(=O)(=O)c1ccc2c(c1)CCCC(=O)N2. The molecule has 0 saturated carbocycles. The molecule has 1 saturated heterocycles. The zero-order chi connectivity index (χ0) is 15.7. The minimum atomic E-state index is -3.45. The molecule has 2 heterocycles. The van der Waals surface area contributed by atoms with Crippen molar-refractivity contribution in [3.05, 3.63) is 23.8 Å². The van der Waals surface area contributed by atoms with Gasteiger partial charge in [-0.25, -0.2) is 8.42 Å². The van der Waals surface area contributed by atoms with Crippen LogP contribution in [0.3, 0.4) is 0 Å². The molecule has 120 valence electrons. The van der Waals surface area contributed by atoms with E-state index >= 15 is 0 Å². The zero-order valence-corrected chi connectivity index (χ0v) is 13.7. The van der Waals surface area contributed by atoms with Crippen LogP contribution in [-0.2, 0) is 21.2 Å². The first-order valence-corrected chi connectivity index (χ1v) is 9.37. The van der Waals surface area contributed by atoms with Crippen LogP contribution in [-0.4, -0.2) is 31.2 Å². The van der Waals surface area contributed by atoms with Gasteiger partial charge >= 0.3 is 0 Å². The van der Waals surface area contributed by atoms with Crippen LogP contribution < -0.4 is 5.32 Å². The highest BCUT2D eigenvalue weighted by Gasteiger charge is 2.31. The third-order valence-corrected chi connectivity index (χ3v) is 6.56. The number of carbonyl (C=O) groups is 1. The number of hydrogen-bond donors (Lipinski definition) is 1. The minimum absolute atomic E-state index is 0.000917. The number of hydrogen-bond acceptors (Lipinski definition) is 3. The standard InChI is InChI=1S/C16H22N2O3S/c1-12-5-2-3-10-18(12)22(20,21)14-8-9-15-13(11-14)6-4-7-16(19)17-15/h8-9,11-12H,2-7,10H2,1H3,(H,17,19)/t12-/m1/s1. The summed E-state index contributed by atoms with van der Waals surface area (Å²) in [5.41, 5.74) is 1.66. The average molecular weight is 322 g/mol. The van der Waals surface area contributed by atoms with E-state index in [1.807, 2.05) is 6.92 Å². The van der Waals surface area contributed by atoms with Crippen LogP contribution in [0.25, 0.3) is 0 Å². The first kappa shape index (κ1) is 15.5. The van der Waals surface area contributed by atoms with Gasteiger partial charge in [0.1, 0.15) is 0 Å². The van der Waals surface area contributed by atoms with E-state index < -0.39 is 10.0 Å². The number of nitrogens with one attached hydrogen (secondary N) is 1. The minimum Gasteiger partial charge on any atom is -0.326 e. The summed E-state index contributed by atoms with van der Waals surface area (Å²) < 4.78 is 27.4. The molecule has 1 N–H and O–H groups in total. The fourth-order valence-electron chi connectivity index (χ4n) is 3.28. The van der Waals surface area contributed by atoms with Crippen molar-refractivity contribution in [2.45, 2.75) is 56.4 Å². The largest absolute Gasteiger partial charge is 0.326 e. The normalized spacial score (nSPS) is 23.5. The second-order valence-electron chi connectivity index (χ2n) is 6.18. The summed E-state index contributed by atoms with van der Waals surface area (Å²) in [6.07, 6.45) is 4.89. The van der Waals surface area contributed by atoms with Crippen LogP contribution in [0.2, 0.25) is 0 Å². The van der Waals surface area contributed by atoms with Crippen LogP contribution >= 0.6 is 0 Å². The molecule has 5 nitrogen and oxygen atoms in total. The fourth-order valence-corrected chi connectivity index (χ4v) is 5.03. The van der Waals surface area contributed by atoms with Gasteiger partial charge < -0.3 is 5.32 Å². The van der Waals surface area contributed by atoms with E-state index in [0.29, 0.717) is 17.9 Å². The van der Waals surface area contributed by atoms with Crippen molar-refractivity contribution in [3.63, 3.8) is 0 Å². The second-order valence-corrected chi connectivity index (χ2v) is 8.07. The highest BCUT2D eigenvalue weighted by Crippen LogP contribution is 2.29. The number of benzene rings is 1. The number of nitrogens with zero attached hydrogens (tertiary/aromatic N) is 1. The lowest BCUT2D eigenvalue weighted by molar-refractivity contribution is -0.116. The second kappa shape index (κ2) is 6.01. The Bertz CT molecular complexity index is 685. The summed E-state index contributed by atoms with van der Waals surface area (Å²) >= 11 is 0. The maximum Gasteiger partial charge on any atom is 0.243 e. The number of aryl methyl sites for hydroxylation is 1. The number of piperidine rings is 1. The molecule has 22 heavy (non-hydrogen) atoms. The topological polar surface area (TPSA) is 66.5 Å². The van der Waals surface area contributed by atoms with Gasteiger partial charge in [-0.15, -0.1) is 0 Å². The number of amides is 1. The van der Waals surface area contributed by atoms with Crippen molar-refractivity contribution >= 4 is 21.6 Å². The highest BCUT2D eigenvalue weighted by molar-refractivity contribution is 7.89. The summed E-state index contributed by atoms with van der Waals surface area (Å²) in [7, 11) is -3.45. The van der Waals surface area contributed by atoms with Gasteiger partial charge in [0, 0.05) is 24.7 Å². The summed E-state index contributed by atoms with van der Waals surface area (Å²) in [5.74, 6) is -0.000917. The third-order valence-electron chi connectivity index (χ3n) is 4.55. The number of carbonyl (C=O) groups excluding carboxylic acids is 1. The molecular weight excluding hydrogens is 300 g/mol. The molecule has 6 heteroatoms. The average Bonchev–Trinajstić information content (AvgIpc) is 2.67. The molecule has 2 aliphatic heterocycles. The molecule has 0 aliphatic carbocycles. The monoisotopic (exact) mass is 322 g/mol. The smallest absolute Gasteiger partial charge is 0.243 e. The molecule has 1 atom stereocenters. The van der Waals surface area contributed by atoms with Gasteiger partial charge in [0.2, 0.25) is 15.9 Å². The zero-order valence-electron chi connectivity index (χ0n) is 12.8. The Morgan fingerprint density at radius 1 is 1.18 bits per heavy atom. The van der Waals surface area contributed by atoms with Crippen molar-refractivity contribution in [3.8, 4) is 0 Å². The summed E-state index contributed by atoms with van der Waals surface area (Å²) in [6, 6.07) is 5.12. The molecule has 0 spiro atoms. The Balaban J connectivity index is 1.94. The number of sulfonamides is 1. The maximum absolute atomic E-state index is 12.9. The Labute approximate surface area is 131 Å². The third kappa shape index (κ3) is 2.90. The van der Waals surface area contributed by atoms with Crippen LogP contribution in [0.5, 0.6) is 0 Å². The van der Waals surface area contributed by atoms with E-state index in [1.54, 1.807) is 22.5 Å². The van der Waals surface area contributed by atoms with E-state index in [-0.39, 0.29) is 11.9 Å². The lowest BCUT2D eigenvalue weighted by atomic mass is 10.1. The van der Waals surface area contributed by atoms with E-state index in [2.05, 4.69) is 5.32 Å². The van der Waals surface area contributed by atoms with Crippen molar-refractivity contribution in [2.24, 2.45) is 0 Å². The number of anilines is 1. The summed E-state index contributed by atoms with van der Waals surface area (Å²) in [5, 5.41) is 2.84. The van der Waals surface area contributed by atoms with Crippen LogP contribution in [0.15, 0.2) is 23.1 Å². The molecule has 0 radical (unpaired) electrons. The predicted molar refractivity (Wildman–Crippen MR) is 85.2 cm³/mol. The van der Waals surface area contributed by atoms with Gasteiger partial charge in [0.25, 0.3) is 0 Å². The van der Waals surface area contributed by atoms with Crippen LogP contribution in [0.4, 0.5) is 5.69 Å². The van der Waals surface area contributed by atoms with E-state index in [1.165, 1.54) is 0 Å². The molecule has 0 bridgehead atoms. The molecule has 3 rings (SSSR count). The maximum atomic E-state index is 12.9. The molecule has 1 amide bonds. The quantitative estimate of drug-likeness (QED) is 0.910. The Morgan fingerprint density at radius 2 is 2.00 bits per heavy atom. The molecule has 0 unspecified atom stereocenters. The molecule has 1 aromatic carbocycles. The molecule has 2 aliphatic rings. The Morgan fingerprint density at radius 3 is 2.77 bits per heavy atom. The summed E-state index contributed by atoms with van der Waals surface area (Å²) in [6.45, 7) is 2.57. The number of rotatable bonds is 2. The first-order valence-electron chi connectivity index (χ1n) is 7.93. The first-order chi connectivity index (χ1) is 10.5. The van der Waals surface area contributed by atoms with Gasteiger partial charge in [0.05, 0.1) is 4.90 Å². The van der Waals surface area contributed by atoms with Gasteiger partial charge in [-0.3, -0.25) is 4.79 Å². The van der Waals surface area contributed by atoms with E-state index in [4.69, 9.17) is 0 Å². The molecule has 0 aromatic heterocycles. The van der Waals surface area contributed by atoms with Gasteiger partial charge in [0.15, 0.2) is 0 Å². The molecule has 1 aromatic rings. The number of fused-ring (bicyclic) bond motifs is 1. The summed E-state index contributed by atoms with van der Waals surface area (Å²) in [4.78, 5) is 11.9. The Kier molecular flexibility index (Phi) is 4.23. The van der Waals surface area contributed by atoms with Crippen LogP contribution in [0, 0.1) is 0 Å². The molecule has 1 fully saturated rings. The van der Waals surface area contributed by atoms with Crippen molar-refractivity contribution in [1.82, 2.24) is 4.31 Å². The van der Waals surface area contributed by atoms with Crippen molar-refractivity contribution in [1.29, 1.82) is 0 Å². The van der Waals surface area contributed by atoms with Crippen molar-refractivity contribution < 1.29 is 13.2 Å². The van der Waals surface area contributed by atoms with Crippen LogP contribution in [0.1, 0.15) is 44.6 Å². The lowest BCUT2D eigenvalue weighted by Gasteiger charge is -2.32.